The molecule has 0 radical (unpaired) electrons. The smallest absolute Gasteiger partial charge is 0.251 e. The van der Waals surface area contributed by atoms with E-state index in [1.807, 2.05) is 25.7 Å². The maximum atomic E-state index is 12.8. The lowest BCUT2D eigenvalue weighted by Gasteiger charge is -2.60. The summed E-state index contributed by atoms with van der Waals surface area (Å²) in [6.45, 7) is 17.5. The van der Waals surface area contributed by atoms with Crippen LogP contribution in [0, 0.1) is 45.3 Å². The van der Waals surface area contributed by atoms with E-state index in [1.54, 1.807) is 0 Å². The number of hydrogen-bond donors (Lipinski definition) is 1. The van der Waals surface area contributed by atoms with Gasteiger partial charge < -0.3 is 24.1 Å². The average molecular weight is 679 g/mol. The van der Waals surface area contributed by atoms with Crippen LogP contribution < -0.4 is 0 Å². The molecule has 9 heteroatoms. The van der Waals surface area contributed by atoms with Crippen LogP contribution in [0.3, 0.4) is 0 Å². The molecule has 0 bridgehead atoms. The second kappa shape index (κ2) is 12.1. The second-order valence-electron chi connectivity index (χ2n) is 19.0. The van der Waals surface area contributed by atoms with Gasteiger partial charge in [-0.2, -0.15) is 0 Å². The van der Waals surface area contributed by atoms with Crippen LogP contribution in [0.2, 0.25) is 0 Å². The average Bonchev–Trinajstić information content (AvgIpc) is 3.58. The van der Waals surface area contributed by atoms with Crippen LogP contribution in [0.1, 0.15) is 106 Å². The number of nitrogens with zero attached hydrogens (tertiary/aromatic N) is 2. The number of ether oxygens (including phenoxy) is 4. The molecule has 3 aliphatic heterocycles. The lowest BCUT2D eigenvalue weighted by molar-refractivity contribution is -0.250. The van der Waals surface area contributed by atoms with Gasteiger partial charge in [0.2, 0.25) is 0 Å². The van der Waals surface area contributed by atoms with Crippen molar-refractivity contribution >= 4 is 0 Å². The van der Waals surface area contributed by atoms with E-state index >= 15 is 0 Å². The number of morpholine rings is 1. The van der Waals surface area contributed by atoms with Gasteiger partial charge in [-0.1, -0.05) is 20.8 Å². The second-order valence-corrected chi connectivity index (χ2v) is 19.0. The van der Waals surface area contributed by atoms with Crippen molar-refractivity contribution in [2.45, 2.75) is 155 Å². The summed E-state index contributed by atoms with van der Waals surface area (Å²) in [4.78, 5) is 4.28. The Morgan fingerprint density at radius 2 is 1.71 bits per heavy atom. The summed E-state index contributed by atoms with van der Waals surface area (Å²) >= 11 is 0. The number of rotatable bonds is 9. The van der Waals surface area contributed by atoms with E-state index in [0.29, 0.717) is 47.3 Å². The zero-order valence-electron chi connectivity index (χ0n) is 30.6. The van der Waals surface area contributed by atoms with Gasteiger partial charge in [-0.25, -0.2) is 8.78 Å². The van der Waals surface area contributed by atoms with Crippen molar-refractivity contribution in [2.75, 3.05) is 45.9 Å². The topological polar surface area (TPSA) is 63.6 Å². The van der Waals surface area contributed by atoms with Crippen LogP contribution in [0.15, 0.2) is 0 Å². The summed E-state index contributed by atoms with van der Waals surface area (Å²) in [5.74, 6) is 2.83. The minimum atomic E-state index is -2.26. The van der Waals surface area contributed by atoms with Crippen LogP contribution in [0.5, 0.6) is 0 Å². The van der Waals surface area contributed by atoms with E-state index in [0.717, 1.165) is 50.9 Å². The summed E-state index contributed by atoms with van der Waals surface area (Å²) in [5.41, 5.74) is 0.477. The zero-order chi connectivity index (χ0) is 33.9. The molecule has 7 nitrogen and oxygen atoms in total. The van der Waals surface area contributed by atoms with Gasteiger partial charge >= 0.3 is 0 Å². The summed E-state index contributed by atoms with van der Waals surface area (Å²) in [6, 6.07) is 0.336. The molecule has 1 N–H and O–H groups in total. The monoisotopic (exact) mass is 678 g/mol. The molecule has 5 saturated carbocycles. The number of alkyl halides is 2. The van der Waals surface area contributed by atoms with Crippen molar-refractivity contribution in [2.24, 2.45) is 45.3 Å². The first-order valence-corrected chi connectivity index (χ1v) is 19.7. The molecule has 8 rings (SSSR count). The van der Waals surface area contributed by atoms with Gasteiger partial charge in [-0.05, 0) is 130 Å². The van der Waals surface area contributed by atoms with Gasteiger partial charge in [0.25, 0.3) is 6.43 Å². The highest BCUT2D eigenvalue weighted by molar-refractivity contribution is 5.29. The van der Waals surface area contributed by atoms with E-state index in [-0.39, 0.29) is 42.7 Å². The molecule has 12 atom stereocenters. The third-order valence-corrected chi connectivity index (χ3v) is 16.2. The van der Waals surface area contributed by atoms with Gasteiger partial charge in [0.05, 0.1) is 37.1 Å². The number of halogens is 2. The highest BCUT2D eigenvalue weighted by Gasteiger charge is 2.80. The molecule has 5 aliphatic carbocycles. The number of likely N-dealkylation sites (tertiary alicyclic amines) is 1. The van der Waals surface area contributed by atoms with E-state index < -0.39 is 12.0 Å². The third-order valence-electron chi connectivity index (χ3n) is 16.2. The molecular formula is C39H64F2N2O5. The van der Waals surface area contributed by atoms with Crippen molar-refractivity contribution in [1.29, 1.82) is 0 Å². The lowest BCUT2D eigenvalue weighted by Crippen LogP contribution is -2.63. The predicted molar refractivity (Wildman–Crippen MR) is 180 cm³/mol. The van der Waals surface area contributed by atoms with Crippen LogP contribution in [-0.4, -0.2) is 110 Å². The maximum absolute atomic E-state index is 12.8. The van der Waals surface area contributed by atoms with Crippen LogP contribution in [-0.2, 0) is 18.9 Å². The summed E-state index contributed by atoms with van der Waals surface area (Å²) in [7, 11) is 0. The summed E-state index contributed by atoms with van der Waals surface area (Å²) in [5, 5.41) is 10.9. The van der Waals surface area contributed by atoms with Crippen LogP contribution in [0.25, 0.3) is 0 Å². The first-order chi connectivity index (χ1) is 22.7. The van der Waals surface area contributed by atoms with E-state index in [4.69, 9.17) is 18.9 Å². The number of hydrogen-bond acceptors (Lipinski definition) is 7. The predicted octanol–water partition coefficient (Wildman–Crippen LogP) is 6.36. The highest BCUT2D eigenvalue weighted by atomic mass is 19.3. The highest BCUT2D eigenvalue weighted by Crippen LogP contribution is 2.87. The van der Waals surface area contributed by atoms with Crippen LogP contribution in [0.4, 0.5) is 8.78 Å². The van der Waals surface area contributed by atoms with Crippen molar-refractivity contribution in [3.05, 3.63) is 0 Å². The van der Waals surface area contributed by atoms with E-state index in [9.17, 15) is 13.9 Å². The third kappa shape index (κ3) is 5.31. The Bertz CT molecular complexity index is 1190. The van der Waals surface area contributed by atoms with Crippen molar-refractivity contribution in [3.8, 4) is 0 Å². The molecule has 3 heterocycles. The molecule has 8 fully saturated rings. The Hall–Kier alpha value is -0.420. The fourth-order valence-electron chi connectivity index (χ4n) is 14.0. The largest absolute Gasteiger partial charge is 0.388 e. The SMILES string of the molecule is CCOC(C1CCC2C(CC3C4CCC5C(C)(C)C(OC6CN(C7CN(CC(F)F)C7)CCO6)CCC56CC46CCC23C)O1)C(C)(C)O. The van der Waals surface area contributed by atoms with Gasteiger partial charge in [0.1, 0.15) is 6.10 Å². The van der Waals surface area contributed by atoms with E-state index in [1.165, 1.54) is 51.4 Å². The van der Waals surface area contributed by atoms with Gasteiger partial charge in [0.15, 0.2) is 6.29 Å². The first kappa shape index (κ1) is 34.7. The normalized spacial score (nSPS) is 48.1. The van der Waals surface area contributed by atoms with Crippen molar-refractivity contribution < 1.29 is 32.8 Å². The van der Waals surface area contributed by atoms with Crippen molar-refractivity contribution in [1.82, 2.24) is 9.80 Å². The minimum Gasteiger partial charge on any atom is -0.388 e. The Labute approximate surface area is 288 Å². The molecule has 2 spiro atoms. The minimum absolute atomic E-state index is 0.0304. The van der Waals surface area contributed by atoms with Crippen LogP contribution >= 0.6 is 0 Å². The molecule has 0 aromatic carbocycles. The molecule has 3 saturated heterocycles. The quantitative estimate of drug-likeness (QED) is 0.305. The molecule has 48 heavy (non-hydrogen) atoms. The molecule has 12 unspecified atom stereocenters. The van der Waals surface area contributed by atoms with Crippen molar-refractivity contribution in [3.63, 3.8) is 0 Å². The lowest BCUT2D eigenvalue weighted by atomic mass is 9.46. The first-order valence-electron chi connectivity index (χ1n) is 19.7. The molecular weight excluding hydrogens is 614 g/mol. The molecule has 0 amide bonds. The Morgan fingerprint density at radius 3 is 2.44 bits per heavy atom. The van der Waals surface area contributed by atoms with E-state index in [2.05, 4.69) is 25.7 Å². The number of aliphatic hydroxyl groups is 1. The maximum Gasteiger partial charge on any atom is 0.251 e. The molecule has 0 aromatic heterocycles. The summed E-state index contributed by atoms with van der Waals surface area (Å²) < 4.78 is 51.8. The fourth-order valence-corrected chi connectivity index (χ4v) is 14.0. The Kier molecular flexibility index (Phi) is 8.71. The molecule has 0 aromatic rings. The van der Waals surface area contributed by atoms with Gasteiger partial charge in [0, 0.05) is 38.8 Å². The molecule has 8 aliphatic rings. The standard InChI is InChI=1S/C39H64F2N2O5/c1-7-45-34(36(4,5)44)28-10-8-26-29(47-28)18-27-25-9-11-30-35(2,3)31(12-13-39(30)23-38(25,39)15-14-37(26,27)6)48-33-22-43(16-17-46-33)24-19-42(20-24)21-32(40)41/h24-34,44H,7-23H2,1-6H3. The summed E-state index contributed by atoms with van der Waals surface area (Å²) in [6.07, 6.45) is 10.2. The fraction of sp³-hybridized carbons (Fsp3) is 1.00. The van der Waals surface area contributed by atoms with Gasteiger partial charge in [-0.15, -0.1) is 0 Å². The number of fused-ring (bicyclic) bond motifs is 4. The Balaban J connectivity index is 0.924. The zero-order valence-corrected chi connectivity index (χ0v) is 30.6. The Morgan fingerprint density at radius 1 is 0.938 bits per heavy atom. The molecule has 274 valence electrons. The van der Waals surface area contributed by atoms with Gasteiger partial charge in [-0.3, -0.25) is 9.80 Å².